The molecular weight excluding hydrogens is 110 g/mol. The number of hydrogen-bond acceptors (Lipinski definition) is 3. The van der Waals surface area contributed by atoms with Crippen LogP contribution in [0.4, 0.5) is 0 Å². The van der Waals surface area contributed by atoms with Crippen LogP contribution in [0.1, 0.15) is 0 Å². The van der Waals surface area contributed by atoms with Crippen molar-refractivity contribution in [3.63, 3.8) is 0 Å². The van der Waals surface area contributed by atoms with Gasteiger partial charge in [0.2, 0.25) is 0 Å². The number of carbonyl (C=O) groups excluding carboxylic acids is 1. The Morgan fingerprint density at radius 3 is 2.25 bits per heavy atom. The second kappa shape index (κ2) is 16.2. The fourth-order valence-electron chi connectivity index (χ4n) is 0.144. The van der Waals surface area contributed by atoms with Gasteiger partial charge >= 0.3 is 0 Å². The molecule has 0 aliphatic heterocycles. The van der Waals surface area contributed by atoms with Crippen LogP contribution in [0.5, 0.6) is 0 Å². The van der Waals surface area contributed by atoms with Crippen LogP contribution >= 0.6 is 0 Å². The van der Waals surface area contributed by atoms with Crippen molar-refractivity contribution in [1.29, 1.82) is 0 Å². The number of hydrogen-bond donors (Lipinski definition) is 1. The van der Waals surface area contributed by atoms with Crippen LogP contribution in [0.3, 0.4) is 0 Å². The fourth-order valence-corrected chi connectivity index (χ4v) is 0.144. The Hall–Kier alpha value is -0.610. The number of quaternary nitrogens is 1. The van der Waals surface area contributed by atoms with E-state index < -0.39 is 6.47 Å². The Morgan fingerprint density at radius 1 is 1.88 bits per heavy atom. The van der Waals surface area contributed by atoms with Gasteiger partial charge in [0.15, 0.2) is 0 Å². The average Bonchev–Trinajstić information content (AvgIpc) is 1.71. The second-order valence-corrected chi connectivity index (χ2v) is 0.943. The van der Waals surface area contributed by atoms with Crippen LogP contribution in [-0.4, -0.2) is 26.7 Å². The molecule has 0 aromatic carbocycles. The van der Waals surface area contributed by atoms with Crippen LogP contribution in [-0.2, 0) is 9.53 Å². The summed E-state index contributed by atoms with van der Waals surface area (Å²) in [4.78, 5) is 8.25. The normalized spacial score (nSPS) is 6.75. The smallest absolute Gasteiger partial charge is 0.0977 e. The SMILES string of the molecule is COCC[NH3+].O=C[O-]. The zero-order chi connectivity index (χ0) is 6.83. The van der Waals surface area contributed by atoms with E-state index in [0.29, 0.717) is 0 Å². The standard InChI is InChI=1S/C3H9NO.CH2O2/c1-5-3-2-4;2-1-3/h2-4H2,1H3;1H,(H,2,3). The van der Waals surface area contributed by atoms with E-state index in [9.17, 15) is 0 Å². The summed E-state index contributed by atoms with van der Waals surface area (Å²) in [6.07, 6.45) is 0. The summed E-state index contributed by atoms with van der Waals surface area (Å²) in [6.45, 7) is 1.15. The molecule has 0 saturated heterocycles. The molecule has 4 heteroatoms. The summed E-state index contributed by atoms with van der Waals surface area (Å²) in [5, 5.41) is 8.25. The third-order valence-corrected chi connectivity index (χ3v) is 0.348. The summed E-state index contributed by atoms with van der Waals surface area (Å²) < 4.78 is 4.63. The van der Waals surface area contributed by atoms with E-state index in [0.717, 1.165) is 13.2 Å². The molecule has 8 heavy (non-hydrogen) atoms. The molecule has 0 aliphatic carbocycles. The summed E-state index contributed by atoms with van der Waals surface area (Å²) in [7, 11) is 1.67. The van der Waals surface area contributed by atoms with Gasteiger partial charge in [0.1, 0.15) is 0 Å². The van der Waals surface area contributed by atoms with Crippen LogP contribution in [0.25, 0.3) is 0 Å². The van der Waals surface area contributed by atoms with Gasteiger partial charge in [-0.3, -0.25) is 0 Å². The number of carbonyl (C=O) groups is 1. The zero-order valence-electron chi connectivity index (χ0n) is 4.92. The monoisotopic (exact) mass is 121 g/mol. The van der Waals surface area contributed by atoms with E-state index in [1.807, 2.05) is 0 Å². The minimum Gasteiger partial charge on any atom is -0.554 e. The average molecular weight is 121 g/mol. The molecular formula is C4H11NO3. The van der Waals surface area contributed by atoms with Gasteiger partial charge in [0, 0.05) is 13.6 Å². The molecule has 0 radical (unpaired) electrons. The summed E-state index contributed by atoms with van der Waals surface area (Å²) in [5.41, 5.74) is 3.55. The molecule has 0 bridgehead atoms. The largest absolute Gasteiger partial charge is 0.554 e. The van der Waals surface area contributed by atoms with Crippen molar-refractivity contribution in [1.82, 2.24) is 0 Å². The highest BCUT2D eigenvalue weighted by Crippen LogP contribution is 1.51. The van der Waals surface area contributed by atoms with Gasteiger partial charge in [-0.15, -0.1) is 0 Å². The minimum atomic E-state index is -0.500. The zero-order valence-corrected chi connectivity index (χ0v) is 4.92. The van der Waals surface area contributed by atoms with Gasteiger partial charge in [-0.05, 0) is 0 Å². The lowest BCUT2D eigenvalue weighted by Gasteiger charge is -1.82. The maximum atomic E-state index is 8.25. The van der Waals surface area contributed by atoms with E-state index in [1.165, 1.54) is 0 Å². The van der Waals surface area contributed by atoms with E-state index >= 15 is 0 Å². The lowest BCUT2D eigenvalue weighted by Crippen LogP contribution is -2.52. The summed E-state index contributed by atoms with van der Waals surface area (Å²) >= 11 is 0. The lowest BCUT2D eigenvalue weighted by atomic mass is 10.7. The maximum Gasteiger partial charge on any atom is 0.0977 e. The van der Waals surface area contributed by atoms with Crippen molar-refractivity contribution in [2.24, 2.45) is 0 Å². The first kappa shape index (κ1) is 10.4. The molecule has 0 fully saturated rings. The molecule has 0 aliphatic rings. The first-order valence-corrected chi connectivity index (χ1v) is 2.17. The van der Waals surface area contributed by atoms with Crippen molar-refractivity contribution in [3.05, 3.63) is 0 Å². The minimum absolute atomic E-state index is 0.500. The molecule has 4 nitrogen and oxygen atoms in total. The number of ether oxygens (including phenoxy) is 1. The van der Waals surface area contributed by atoms with Crippen molar-refractivity contribution >= 4 is 6.47 Å². The Kier molecular flexibility index (Phi) is 21.0. The molecule has 0 aromatic rings. The first-order valence-electron chi connectivity index (χ1n) is 2.17. The Labute approximate surface area is 48.2 Å². The number of rotatable bonds is 2. The molecule has 0 saturated carbocycles. The predicted octanol–water partition coefficient (Wildman–Crippen LogP) is -2.76. The molecule has 0 heterocycles. The second-order valence-electron chi connectivity index (χ2n) is 0.943. The van der Waals surface area contributed by atoms with Gasteiger partial charge < -0.3 is 20.4 Å². The number of carboxylic acid groups (broad SMARTS) is 1. The van der Waals surface area contributed by atoms with Gasteiger partial charge in [-0.1, -0.05) is 0 Å². The lowest BCUT2D eigenvalue weighted by molar-refractivity contribution is -0.373. The predicted molar refractivity (Wildman–Crippen MR) is 25.7 cm³/mol. The highest BCUT2D eigenvalue weighted by Gasteiger charge is 1.69. The fraction of sp³-hybridized carbons (Fsp3) is 0.750. The molecule has 0 unspecified atom stereocenters. The number of methoxy groups -OCH3 is 1. The Bertz CT molecular complexity index is 38.3. The third-order valence-electron chi connectivity index (χ3n) is 0.348. The maximum absolute atomic E-state index is 8.25. The summed E-state index contributed by atoms with van der Waals surface area (Å²) in [6, 6.07) is 0. The van der Waals surface area contributed by atoms with Crippen molar-refractivity contribution in [2.45, 2.75) is 0 Å². The molecule has 0 rings (SSSR count). The molecule has 3 N–H and O–H groups in total. The van der Waals surface area contributed by atoms with Crippen LogP contribution in [0.2, 0.25) is 0 Å². The van der Waals surface area contributed by atoms with Crippen LogP contribution in [0, 0.1) is 0 Å². The molecule has 50 valence electrons. The van der Waals surface area contributed by atoms with Crippen LogP contribution < -0.4 is 10.8 Å². The third kappa shape index (κ3) is 53.8. The quantitative estimate of drug-likeness (QED) is 0.402. The van der Waals surface area contributed by atoms with E-state index in [4.69, 9.17) is 9.90 Å². The molecule has 0 spiro atoms. The molecule has 0 atom stereocenters. The Balaban J connectivity index is 0. The van der Waals surface area contributed by atoms with Crippen molar-refractivity contribution in [2.75, 3.05) is 20.3 Å². The van der Waals surface area contributed by atoms with E-state index in [1.54, 1.807) is 7.11 Å². The van der Waals surface area contributed by atoms with Gasteiger partial charge in [-0.2, -0.15) is 0 Å². The van der Waals surface area contributed by atoms with E-state index in [-0.39, 0.29) is 0 Å². The van der Waals surface area contributed by atoms with Gasteiger partial charge in [0.25, 0.3) is 0 Å². The van der Waals surface area contributed by atoms with Crippen molar-refractivity contribution < 1.29 is 20.4 Å². The van der Waals surface area contributed by atoms with E-state index in [2.05, 4.69) is 10.5 Å². The highest BCUT2D eigenvalue weighted by molar-refractivity contribution is 5.29. The molecule has 0 aromatic heterocycles. The van der Waals surface area contributed by atoms with Gasteiger partial charge in [0.05, 0.1) is 13.2 Å². The van der Waals surface area contributed by atoms with Crippen LogP contribution in [0.15, 0.2) is 0 Å². The first-order chi connectivity index (χ1) is 3.83. The highest BCUT2D eigenvalue weighted by atomic mass is 16.5. The Morgan fingerprint density at radius 2 is 2.25 bits per heavy atom. The van der Waals surface area contributed by atoms with Crippen molar-refractivity contribution in [3.8, 4) is 0 Å². The topological polar surface area (TPSA) is 77.0 Å². The molecule has 0 amide bonds. The summed E-state index contributed by atoms with van der Waals surface area (Å²) in [5.74, 6) is 0. The van der Waals surface area contributed by atoms with Gasteiger partial charge in [-0.25, -0.2) is 0 Å².